The second-order valence-corrected chi connectivity index (χ2v) is 14.4. The third-order valence-corrected chi connectivity index (χ3v) is 11.4. The van der Waals surface area contributed by atoms with E-state index in [1.807, 2.05) is 12.1 Å². The van der Waals surface area contributed by atoms with Gasteiger partial charge in [-0.3, -0.25) is 0 Å². The molecule has 0 atom stereocenters. The van der Waals surface area contributed by atoms with E-state index in [4.69, 9.17) is 8.83 Å². The monoisotopic (exact) mass is 673 g/mol. The van der Waals surface area contributed by atoms with Crippen LogP contribution in [0.5, 0.6) is 0 Å². The average Bonchev–Trinajstić information content (AvgIpc) is 3.66. The molecule has 2 heterocycles. The van der Waals surface area contributed by atoms with Crippen LogP contribution in [0.1, 0.15) is 49.7 Å². The zero-order valence-corrected chi connectivity index (χ0v) is 29.1. The fourth-order valence-electron chi connectivity index (χ4n) is 8.88. The Bertz CT molecular complexity index is 2680. The Labute approximate surface area is 303 Å². The third-order valence-electron chi connectivity index (χ3n) is 11.4. The fraction of sp³-hybridized carbons (Fsp3) is 0.143. The molecule has 2 aromatic heterocycles. The lowest BCUT2D eigenvalue weighted by molar-refractivity contribution is 0.446. The summed E-state index contributed by atoms with van der Waals surface area (Å²) >= 11 is 0. The Morgan fingerprint density at radius 3 is 1.81 bits per heavy atom. The maximum atomic E-state index is 6.46. The molecule has 1 saturated carbocycles. The number of rotatable bonds is 6. The molecule has 7 aromatic carbocycles. The Morgan fingerprint density at radius 1 is 0.404 bits per heavy atom. The van der Waals surface area contributed by atoms with Gasteiger partial charge in [0, 0.05) is 50.1 Å². The molecule has 1 aliphatic rings. The molecule has 0 aliphatic heterocycles. The zero-order chi connectivity index (χ0) is 34.5. The van der Waals surface area contributed by atoms with Crippen molar-refractivity contribution in [3.8, 4) is 11.1 Å². The highest BCUT2D eigenvalue weighted by atomic mass is 16.3. The van der Waals surface area contributed by atoms with E-state index in [1.54, 1.807) is 0 Å². The largest absolute Gasteiger partial charge is 0.456 e. The van der Waals surface area contributed by atoms with Crippen LogP contribution in [0.15, 0.2) is 173 Å². The molecule has 3 heteroatoms. The first-order valence-electron chi connectivity index (χ1n) is 18.6. The smallest absolute Gasteiger partial charge is 0.137 e. The first kappa shape index (κ1) is 30.7. The standard InChI is InChI=1S/C49H39NO2/c1-2-12-31-49(30-11-1,35-16-7-4-8-17-35)36-22-24-37(25-23-36)50(39-26-28-42-41-18-9-10-20-44(41)52-47(42)33-39)38-27-29-45-43(32-38)48-40(19-13-21-46(48)51-45)34-14-5-3-6-15-34/h3-10,13-29,32-33H,1-2,11-12,30-31H2. The fourth-order valence-corrected chi connectivity index (χ4v) is 8.88. The van der Waals surface area contributed by atoms with Crippen LogP contribution < -0.4 is 4.90 Å². The predicted molar refractivity (Wildman–Crippen MR) is 216 cm³/mol. The second kappa shape index (κ2) is 12.6. The number of benzene rings is 7. The van der Waals surface area contributed by atoms with Gasteiger partial charge in [-0.25, -0.2) is 0 Å². The highest BCUT2D eigenvalue weighted by Crippen LogP contribution is 2.46. The molecule has 10 rings (SSSR count). The van der Waals surface area contributed by atoms with Gasteiger partial charge in [0.25, 0.3) is 0 Å². The highest BCUT2D eigenvalue weighted by molar-refractivity contribution is 6.13. The summed E-state index contributed by atoms with van der Waals surface area (Å²) in [5, 5.41) is 4.48. The van der Waals surface area contributed by atoms with Crippen LogP contribution in [0.3, 0.4) is 0 Å². The predicted octanol–water partition coefficient (Wildman–Crippen LogP) is 14.3. The highest BCUT2D eigenvalue weighted by Gasteiger charge is 2.34. The van der Waals surface area contributed by atoms with Crippen molar-refractivity contribution in [1.29, 1.82) is 0 Å². The maximum Gasteiger partial charge on any atom is 0.137 e. The Kier molecular flexibility index (Phi) is 7.46. The summed E-state index contributed by atoms with van der Waals surface area (Å²) in [5.41, 5.74) is 12.0. The number of fused-ring (bicyclic) bond motifs is 6. The van der Waals surface area contributed by atoms with E-state index in [-0.39, 0.29) is 5.41 Å². The van der Waals surface area contributed by atoms with Gasteiger partial charge < -0.3 is 13.7 Å². The van der Waals surface area contributed by atoms with Gasteiger partial charge in [-0.1, -0.05) is 129 Å². The van der Waals surface area contributed by atoms with Gasteiger partial charge >= 0.3 is 0 Å². The molecule has 0 bridgehead atoms. The molecule has 9 aromatic rings. The van der Waals surface area contributed by atoms with Crippen LogP contribution in [0, 0.1) is 0 Å². The lowest BCUT2D eigenvalue weighted by Gasteiger charge is -2.35. The summed E-state index contributed by atoms with van der Waals surface area (Å²) in [6.45, 7) is 0. The summed E-state index contributed by atoms with van der Waals surface area (Å²) in [5.74, 6) is 0. The van der Waals surface area contributed by atoms with Crippen molar-refractivity contribution in [2.24, 2.45) is 0 Å². The van der Waals surface area contributed by atoms with Crippen molar-refractivity contribution < 1.29 is 8.83 Å². The summed E-state index contributed by atoms with van der Waals surface area (Å²) in [7, 11) is 0. The molecule has 0 amide bonds. The van der Waals surface area contributed by atoms with Crippen LogP contribution in [-0.4, -0.2) is 0 Å². The molecular weight excluding hydrogens is 635 g/mol. The van der Waals surface area contributed by atoms with E-state index in [0.29, 0.717) is 0 Å². The Hall–Kier alpha value is -6.06. The molecule has 0 radical (unpaired) electrons. The van der Waals surface area contributed by atoms with Crippen LogP contribution in [-0.2, 0) is 5.41 Å². The number of para-hydroxylation sites is 1. The number of hydrogen-bond donors (Lipinski definition) is 0. The number of hydrogen-bond acceptors (Lipinski definition) is 3. The Balaban J connectivity index is 1.15. The first-order chi connectivity index (χ1) is 25.7. The van der Waals surface area contributed by atoms with E-state index in [2.05, 4.69) is 157 Å². The van der Waals surface area contributed by atoms with Gasteiger partial charge in [-0.15, -0.1) is 0 Å². The van der Waals surface area contributed by atoms with E-state index in [1.165, 1.54) is 60.8 Å². The van der Waals surface area contributed by atoms with E-state index >= 15 is 0 Å². The van der Waals surface area contributed by atoms with Crippen molar-refractivity contribution in [2.45, 2.75) is 43.9 Å². The van der Waals surface area contributed by atoms with Crippen LogP contribution in [0.4, 0.5) is 17.1 Å². The topological polar surface area (TPSA) is 29.5 Å². The van der Waals surface area contributed by atoms with Gasteiger partial charge in [-0.05, 0) is 89.7 Å². The molecular formula is C49H39NO2. The van der Waals surface area contributed by atoms with Crippen LogP contribution in [0.2, 0.25) is 0 Å². The Morgan fingerprint density at radius 2 is 1.00 bits per heavy atom. The molecule has 0 spiro atoms. The lowest BCUT2D eigenvalue weighted by Crippen LogP contribution is -2.27. The summed E-state index contributed by atoms with van der Waals surface area (Å²) in [4.78, 5) is 2.36. The van der Waals surface area contributed by atoms with Gasteiger partial charge in [0.2, 0.25) is 0 Å². The minimum absolute atomic E-state index is 0.0246. The van der Waals surface area contributed by atoms with Gasteiger partial charge in [-0.2, -0.15) is 0 Å². The molecule has 0 N–H and O–H groups in total. The number of furan rings is 2. The molecule has 3 nitrogen and oxygen atoms in total. The third kappa shape index (κ3) is 5.11. The second-order valence-electron chi connectivity index (χ2n) is 14.4. The van der Waals surface area contributed by atoms with E-state index in [0.717, 1.165) is 60.9 Å². The van der Waals surface area contributed by atoms with Gasteiger partial charge in [0.05, 0.1) is 0 Å². The van der Waals surface area contributed by atoms with E-state index in [9.17, 15) is 0 Å². The number of nitrogens with zero attached hydrogens (tertiary/aromatic N) is 1. The van der Waals surface area contributed by atoms with E-state index < -0.39 is 0 Å². The van der Waals surface area contributed by atoms with Crippen LogP contribution in [0.25, 0.3) is 55.0 Å². The lowest BCUT2D eigenvalue weighted by atomic mass is 9.69. The first-order valence-corrected chi connectivity index (χ1v) is 18.6. The minimum atomic E-state index is 0.0246. The van der Waals surface area contributed by atoms with Crippen molar-refractivity contribution in [1.82, 2.24) is 0 Å². The normalized spacial score (nSPS) is 14.6. The van der Waals surface area contributed by atoms with Crippen molar-refractivity contribution in [3.05, 3.63) is 175 Å². The molecule has 0 saturated heterocycles. The maximum absolute atomic E-state index is 6.46. The van der Waals surface area contributed by atoms with Crippen molar-refractivity contribution in [3.63, 3.8) is 0 Å². The summed E-state index contributed by atoms with van der Waals surface area (Å²) in [6.07, 6.45) is 7.48. The zero-order valence-electron chi connectivity index (χ0n) is 29.1. The molecule has 0 unspecified atom stereocenters. The summed E-state index contributed by atoms with van der Waals surface area (Å²) in [6, 6.07) is 59.1. The molecule has 252 valence electrons. The number of anilines is 3. The summed E-state index contributed by atoms with van der Waals surface area (Å²) < 4.78 is 12.9. The molecule has 1 aliphatic carbocycles. The van der Waals surface area contributed by atoms with Crippen molar-refractivity contribution >= 4 is 60.9 Å². The van der Waals surface area contributed by atoms with Gasteiger partial charge in [0.1, 0.15) is 22.3 Å². The minimum Gasteiger partial charge on any atom is -0.456 e. The quantitative estimate of drug-likeness (QED) is 0.165. The van der Waals surface area contributed by atoms with Gasteiger partial charge in [0.15, 0.2) is 0 Å². The van der Waals surface area contributed by atoms with Crippen molar-refractivity contribution in [2.75, 3.05) is 4.90 Å². The SMILES string of the molecule is c1ccc(-c2cccc3oc4ccc(N(c5ccc(C6(c7ccccc7)CCCCCC6)cc5)c5ccc6c(c5)oc5ccccc56)cc4c23)cc1. The molecule has 1 fully saturated rings. The average molecular weight is 674 g/mol. The van der Waals surface area contributed by atoms with Crippen LogP contribution >= 0.6 is 0 Å². The molecule has 52 heavy (non-hydrogen) atoms.